The number of ketones is 1. The van der Waals surface area contributed by atoms with Gasteiger partial charge >= 0.3 is 5.97 Å². The standard InChI is InChI=1S/C18H16N2O4/c1-10-15(18(22)23)13-5-3-4-8-20(13)16(10)17(21)11-6-7-12(19)14(9-11)24-2/h3-9H,19H2,1-2H3,(H,22,23). The van der Waals surface area contributed by atoms with Crippen LogP contribution in [-0.4, -0.2) is 28.4 Å². The van der Waals surface area contributed by atoms with Crippen LogP contribution in [0.2, 0.25) is 0 Å². The molecule has 2 heterocycles. The molecule has 24 heavy (non-hydrogen) atoms. The fourth-order valence-electron chi connectivity index (χ4n) is 2.87. The molecular formula is C18H16N2O4. The van der Waals surface area contributed by atoms with Gasteiger partial charge in [-0.1, -0.05) is 6.07 Å². The van der Waals surface area contributed by atoms with Gasteiger partial charge in [-0.2, -0.15) is 0 Å². The summed E-state index contributed by atoms with van der Waals surface area (Å²) in [5, 5.41) is 9.49. The molecule has 0 fully saturated rings. The van der Waals surface area contributed by atoms with Crippen molar-refractivity contribution in [1.29, 1.82) is 0 Å². The Bertz CT molecular complexity index is 973. The molecule has 122 valence electrons. The molecule has 0 saturated heterocycles. The zero-order valence-corrected chi connectivity index (χ0v) is 13.2. The van der Waals surface area contributed by atoms with E-state index in [-0.39, 0.29) is 11.3 Å². The van der Waals surface area contributed by atoms with Crippen LogP contribution in [0.15, 0.2) is 42.6 Å². The van der Waals surface area contributed by atoms with E-state index in [1.807, 2.05) is 0 Å². The summed E-state index contributed by atoms with van der Waals surface area (Å²) in [7, 11) is 1.47. The van der Waals surface area contributed by atoms with Gasteiger partial charge in [0.2, 0.25) is 5.78 Å². The van der Waals surface area contributed by atoms with E-state index in [1.165, 1.54) is 7.11 Å². The number of rotatable bonds is 4. The van der Waals surface area contributed by atoms with Crippen LogP contribution in [0.25, 0.3) is 5.52 Å². The van der Waals surface area contributed by atoms with E-state index in [0.29, 0.717) is 33.8 Å². The highest BCUT2D eigenvalue weighted by molar-refractivity contribution is 6.13. The van der Waals surface area contributed by atoms with Crippen LogP contribution in [0.5, 0.6) is 5.75 Å². The molecule has 0 aliphatic carbocycles. The van der Waals surface area contributed by atoms with Gasteiger partial charge in [0.05, 0.1) is 29.6 Å². The lowest BCUT2D eigenvalue weighted by Gasteiger charge is -2.08. The van der Waals surface area contributed by atoms with Gasteiger partial charge in [0.15, 0.2) is 0 Å². The molecule has 0 spiro atoms. The first kappa shape index (κ1) is 15.6. The molecule has 0 aliphatic heterocycles. The normalized spacial score (nSPS) is 10.8. The molecule has 3 aromatic rings. The van der Waals surface area contributed by atoms with E-state index < -0.39 is 5.97 Å². The third kappa shape index (κ3) is 2.28. The van der Waals surface area contributed by atoms with E-state index in [0.717, 1.165) is 0 Å². The highest BCUT2D eigenvalue weighted by Crippen LogP contribution is 2.28. The van der Waals surface area contributed by atoms with Crippen molar-refractivity contribution in [2.45, 2.75) is 6.92 Å². The van der Waals surface area contributed by atoms with Crippen molar-refractivity contribution in [2.24, 2.45) is 0 Å². The second-order valence-electron chi connectivity index (χ2n) is 5.40. The predicted molar refractivity (Wildman–Crippen MR) is 89.9 cm³/mol. The Hall–Kier alpha value is -3.28. The Kier molecular flexibility index (Phi) is 3.73. The third-order valence-electron chi connectivity index (χ3n) is 4.01. The summed E-state index contributed by atoms with van der Waals surface area (Å²) in [4.78, 5) is 24.6. The third-order valence-corrected chi connectivity index (χ3v) is 4.01. The summed E-state index contributed by atoms with van der Waals surface area (Å²) in [6.07, 6.45) is 1.68. The number of carboxylic acids is 1. The molecular weight excluding hydrogens is 308 g/mol. The van der Waals surface area contributed by atoms with E-state index in [1.54, 1.807) is 53.9 Å². The summed E-state index contributed by atoms with van der Waals surface area (Å²) in [5.74, 6) is -0.956. The number of benzene rings is 1. The monoisotopic (exact) mass is 324 g/mol. The lowest BCUT2D eigenvalue weighted by atomic mass is 10.0. The average molecular weight is 324 g/mol. The van der Waals surface area contributed by atoms with Crippen LogP contribution in [-0.2, 0) is 0 Å². The van der Waals surface area contributed by atoms with Gasteiger partial charge in [0, 0.05) is 11.8 Å². The molecule has 0 bridgehead atoms. The van der Waals surface area contributed by atoms with Gasteiger partial charge in [-0.3, -0.25) is 4.79 Å². The van der Waals surface area contributed by atoms with Crippen LogP contribution >= 0.6 is 0 Å². The van der Waals surface area contributed by atoms with E-state index >= 15 is 0 Å². The van der Waals surface area contributed by atoms with Crippen molar-refractivity contribution in [3.63, 3.8) is 0 Å². The molecule has 0 unspecified atom stereocenters. The summed E-state index contributed by atoms with van der Waals surface area (Å²) in [6, 6.07) is 9.91. The Morgan fingerprint density at radius 1 is 1.21 bits per heavy atom. The van der Waals surface area contributed by atoms with Gasteiger partial charge < -0.3 is 20.0 Å². The molecule has 3 N–H and O–H groups in total. The lowest BCUT2D eigenvalue weighted by molar-refractivity contribution is 0.0698. The average Bonchev–Trinajstić information content (AvgIpc) is 2.86. The van der Waals surface area contributed by atoms with Gasteiger partial charge in [-0.15, -0.1) is 0 Å². The SMILES string of the molecule is COc1cc(C(=O)c2c(C)c(C(=O)O)c3ccccn23)ccc1N. The number of ether oxygens (including phenoxy) is 1. The molecule has 6 nitrogen and oxygen atoms in total. The summed E-state index contributed by atoms with van der Waals surface area (Å²) in [5.41, 5.74) is 7.94. The number of nitrogens with two attached hydrogens (primary N) is 1. The quantitative estimate of drug-likeness (QED) is 0.568. The van der Waals surface area contributed by atoms with E-state index in [2.05, 4.69) is 0 Å². The van der Waals surface area contributed by atoms with E-state index in [4.69, 9.17) is 10.5 Å². The van der Waals surface area contributed by atoms with Crippen LogP contribution in [0.3, 0.4) is 0 Å². The zero-order valence-electron chi connectivity index (χ0n) is 13.2. The Morgan fingerprint density at radius 2 is 1.96 bits per heavy atom. The maximum atomic E-state index is 13.0. The number of nitrogens with zero attached hydrogens (tertiary/aromatic N) is 1. The number of carbonyl (C=O) groups is 2. The highest BCUT2D eigenvalue weighted by atomic mass is 16.5. The second-order valence-corrected chi connectivity index (χ2v) is 5.40. The number of carboxylic acid groups (broad SMARTS) is 1. The fraction of sp³-hybridized carbons (Fsp3) is 0.111. The van der Waals surface area contributed by atoms with Crippen LogP contribution in [0, 0.1) is 6.92 Å². The van der Waals surface area contributed by atoms with Gasteiger partial charge in [-0.05, 0) is 42.8 Å². The number of nitrogen functional groups attached to an aromatic ring is 1. The number of carbonyl (C=O) groups excluding carboxylic acids is 1. The lowest BCUT2D eigenvalue weighted by Crippen LogP contribution is -2.08. The Balaban J connectivity index is 2.25. The predicted octanol–water partition coefficient (Wildman–Crippen LogP) is 2.77. The molecule has 0 aliphatic rings. The number of fused-ring (bicyclic) bond motifs is 1. The van der Waals surface area contributed by atoms with Crippen LogP contribution < -0.4 is 10.5 Å². The number of hydrogen-bond acceptors (Lipinski definition) is 4. The number of aromatic nitrogens is 1. The van der Waals surface area contributed by atoms with Gasteiger partial charge in [0.25, 0.3) is 0 Å². The van der Waals surface area contributed by atoms with Crippen molar-refractivity contribution >= 4 is 23.0 Å². The molecule has 0 radical (unpaired) electrons. The fourth-order valence-corrected chi connectivity index (χ4v) is 2.87. The number of hydrogen-bond donors (Lipinski definition) is 2. The number of methoxy groups -OCH3 is 1. The summed E-state index contributed by atoms with van der Waals surface area (Å²) in [6.45, 7) is 1.64. The number of aromatic carboxylic acids is 1. The summed E-state index contributed by atoms with van der Waals surface area (Å²) >= 11 is 0. The zero-order chi connectivity index (χ0) is 17.4. The van der Waals surface area contributed by atoms with Crippen LogP contribution in [0.4, 0.5) is 5.69 Å². The van der Waals surface area contributed by atoms with Crippen molar-refractivity contribution < 1.29 is 19.4 Å². The van der Waals surface area contributed by atoms with Crippen molar-refractivity contribution in [3.05, 3.63) is 65.0 Å². The van der Waals surface area contributed by atoms with E-state index in [9.17, 15) is 14.7 Å². The molecule has 1 aromatic carbocycles. The van der Waals surface area contributed by atoms with Gasteiger partial charge in [-0.25, -0.2) is 4.79 Å². The molecule has 2 aromatic heterocycles. The first-order chi connectivity index (χ1) is 11.5. The minimum atomic E-state index is -1.06. The van der Waals surface area contributed by atoms with Crippen molar-refractivity contribution in [3.8, 4) is 5.75 Å². The minimum Gasteiger partial charge on any atom is -0.495 e. The Morgan fingerprint density at radius 3 is 2.62 bits per heavy atom. The first-order valence-electron chi connectivity index (χ1n) is 7.27. The molecule has 0 saturated carbocycles. The van der Waals surface area contributed by atoms with Crippen LogP contribution in [0.1, 0.15) is 32.0 Å². The van der Waals surface area contributed by atoms with Crippen molar-refractivity contribution in [1.82, 2.24) is 4.40 Å². The summed E-state index contributed by atoms with van der Waals surface area (Å²) < 4.78 is 6.76. The molecule has 0 amide bonds. The number of anilines is 1. The van der Waals surface area contributed by atoms with Crippen molar-refractivity contribution in [2.75, 3.05) is 12.8 Å². The minimum absolute atomic E-state index is 0.126. The van der Waals surface area contributed by atoms with Gasteiger partial charge in [0.1, 0.15) is 5.75 Å². The molecule has 6 heteroatoms. The highest BCUT2D eigenvalue weighted by Gasteiger charge is 2.25. The molecule has 0 atom stereocenters. The number of pyridine rings is 1. The maximum Gasteiger partial charge on any atom is 0.338 e. The molecule has 3 rings (SSSR count). The smallest absolute Gasteiger partial charge is 0.338 e. The Labute approximate surface area is 138 Å². The first-order valence-corrected chi connectivity index (χ1v) is 7.27. The maximum absolute atomic E-state index is 13.0. The second kappa shape index (κ2) is 5.73. The largest absolute Gasteiger partial charge is 0.495 e. The topological polar surface area (TPSA) is 94.0 Å².